The van der Waals surface area contributed by atoms with Crippen LogP contribution in [0, 0.1) is 0 Å². The van der Waals surface area contributed by atoms with Gasteiger partial charge in [0.25, 0.3) is 0 Å². The van der Waals surface area contributed by atoms with Gasteiger partial charge in [-0.05, 0) is 35.9 Å². The summed E-state index contributed by atoms with van der Waals surface area (Å²) in [6.45, 7) is 1.99. The number of amides is 1. The number of hydrogen-bond donors (Lipinski definition) is 1. The summed E-state index contributed by atoms with van der Waals surface area (Å²) < 4.78 is 4.96. The Morgan fingerprint density at radius 1 is 1.09 bits per heavy atom. The highest BCUT2D eigenvalue weighted by atomic mass is 35.5. The Morgan fingerprint density at radius 2 is 1.91 bits per heavy atom. The third-order valence-corrected chi connectivity index (χ3v) is 6.00. The highest BCUT2D eigenvalue weighted by Gasteiger charge is 2.15. The highest BCUT2D eigenvalue weighted by Crippen LogP contribution is 2.32. The van der Waals surface area contributed by atoms with Crippen molar-refractivity contribution in [1.29, 1.82) is 0 Å². The summed E-state index contributed by atoms with van der Waals surface area (Å²) in [5.41, 5.74) is 2.31. The van der Waals surface area contributed by atoms with Gasteiger partial charge in [0, 0.05) is 5.56 Å². The Morgan fingerprint density at radius 3 is 2.73 bits per heavy atom. The molecule has 3 aromatic carbocycles. The molecule has 1 heterocycles. The van der Waals surface area contributed by atoms with E-state index in [1.807, 2.05) is 42.5 Å². The Kier molecular flexibility index (Phi) is 7.16. The second-order valence-electron chi connectivity index (χ2n) is 6.89. The van der Waals surface area contributed by atoms with Crippen LogP contribution < -0.4 is 5.32 Å². The standard InChI is InChI=1S/C24H19ClN4O3S/c1-2-32-24(31)16-10-11-20(19(25)12-16)28-21(30)13-33-23-22(26-14-27-29-23)18-9-5-7-15-6-3-4-8-17(15)18/h3-12,14H,2,13H2,1H3,(H,28,30). The van der Waals surface area contributed by atoms with E-state index in [0.29, 0.717) is 22.0 Å². The van der Waals surface area contributed by atoms with Crippen molar-refractivity contribution in [3.05, 3.63) is 77.6 Å². The van der Waals surface area contributed by atoms with E-state index in [-0.39, 0.29) is 23.3 Å². The lowest BCUT2D eigenvalue weighted by Crippen LogP contribution is -2.15. The maximum atomic E-state index is 12.6. The number of rotatable bonds is 7. The molecule has 0 spiro atoms. The number of benzene rings is 3. The first-order chi connectivity index (χ1) is 16.1. The number of ether oxygens (including phenoxy) is 1. The first-order valence-electron chi connectivity index (χ1n) is 10.1. The van der Waals surface area contributed by atoms with Crippen molar-refractivity contribution in [2.24, 2.45) is 0 Å². The van der Waals surface area contributed by atoms with Crippen molar-refractivity contribution < 1.29 is 14.3 Å². The van der Waals surface area contributed by atoms with Crippen LogP contribution in [0.1, 0.15) is 17.3 Å². The molecule has 166 valence electrons. The van der Waals surface area contributed by atoms with Crippen molar-refractivity contribution >= 4 is 51.7 Å². The fourth-order valence-electron chi connectivity index (χ4n) is 3.26. The van der Waals surface area contributed by atoms with Crippen LogP contribution in [0.4, 0.5) is 5.69 Å². The molecule has 1 aromatic heterocycles. The zero-order chi connectivity index (χ0) is 23.2. The van der Waals surface area contributed by atoms with Crippen molar-refractivity contribution in [1.82, 2.24) is 15.2 Å². The van der Waals surface area contributed by atoms with Crippen LogP contribution in [0.3, 0.4) is 0 Å². The molecule has 33 heavy (non-hydrogen) atoms. The van der Waals surface area contributed by atoms with E-state index < -0.39 is 5.97 Å². The topological polar surface area (TPSA) is 94.1 Å². The molecule has 7 nitrogen and oxygen atoms in total. The minimum Gasteiger partial charge on any atom is -0.462 e. The van der Waals surface area contributed by atoms with E-state index >= 15 is 0 Å². The summed E-state index contributed by atoms with van der Waals surface area (Å²) in [6.07, 6.45) is 1.39. The Balaban J connectivity index is 1.48. The molecular formula is C24H19ClN4O3S. The normalized spacial score (nSPS) is 10.7. The number of hydrogen-bond acceptors (Lipinski definition) is 7. The molecule has 0 unspecified atom stereocenters. The molecule has 0 atom stereocenters. The second-order valence-corrected chi connectivity index (χ2v) is 8.26. The predicted octanol–water partition coefficient (Wildman–Crippen LogP) is 5.25. The van der Waals surface area contributed by atoms with E-state index in [0.717, 1.165) is 16.3 Å². The van der Waals surface area contributed by atoms with Gasteiger partial charge in [-0.15, -0.1) is 10.2 Å². The molecule has 4 aromatic rings. The largest absolute Gasteiger partial charge is 0.462 e. The molecule has 0 saturated carbocycles. The van der Waals surface area contributed by atoms with E-state index in [1.54, 1.807) is 19.1 Å². The molecule has 0 saturated heterocycles. The number of esters is 1. The Labute approximate surface area is 199 Å². The van der Waals surface area contributed by atoms with Gasteiger partial charge >= 0.3 is 5.97 Å². The molecule has 1 N–H and O–H groups in total. The monoisotopic (exact) mass is 478 g/mol. The van der Waals surface area contributed by atoms with Crippen LogP contribution in [0.15, 0.2) is 72.0 Å². The molecule has 0 aliphatic carbocycles. The Bertz CT molecular complexity index is 1330. The summed E-state index contributed by atoms with van der Waals surface area (Å²) in [7, 11) is 0. The van der Waals surface area contributed by atoms with Crippen molar-refractivity contribution in [2.75, 3.05) is 17.7 Å². The van der Waals surface area contributed by atoms with Gasteiger partial charge < -0.3 is 10.1 Å². The minimum atomic E-state index is -0.469. The summed E-state index contributed by atoms with van der Waals surface area (Å²) in [5.74, 6) is -0.669. The van der Waals surface area contributed by atoms with E-state index in [1.165, 1.54) is 24.2 Å². The van der Waals surface area contributed by atoms with Crippen molar-refractivity contribution in [3.8, 4) is 11.3 Å². The highest BCUT2D eigenvalue weighted by molar-refractivity contribution is 8.00. The third kappa shape index (κ3) is 5.30. The van der Waals surface area contributed by atoms with E-state index in [9.17, 15) is 9.59 Å². The molecule has 0 aliphatic rings. The van der Waals surface area contributed by atoms with Crippen LogP contribution in [0.2, 0.25) is 5.02 Å². The molecule has 1 amide bonds. The van der Waals surface area contributed by atoms with Gasteiger partial charge in [0.15, 0.2) is 0 Å². The van der Waals surface area contributed by atoms with Crippen LogP contribution in [0.25, 0.3) is 22.0 Å². The van der Waals surface area contributed by atoms with Gasteiger partial charge in [-0.25, -0.2) is 9.78 Å². The lowest BCUT2D eigenvalue weighted by atomic mass is 10.0. The van der Waals surface area contributed by atoms with Gasteiger partial charge in [0.1, 0.15) is 17.0 Å². The average Bonchev–Trinajstić information content (AvgIpc) is 2.84. The maximum absolute atomic E-state index is 12.6. The number of fused-ring (bicyclic) bond motifs is 1. The van der Waals surface area contributed by atoms with Gasteiger partial charge in [-0.3, -0.25) is 4.79 Å². The number of carbonyl (C=O) groups is 2. The minimum absolute atomic E-state index is 0.0775. The van der Waals surface area contributed by atoms with Crippen molar-refractivity contribution in [2.45, 2.75) is 11.9 Å². The summed E-state index contributed by atoms with van der Waals surface area (Å²) >= 11 is 7.47. The zero-order valence-electron chi connectivity index (χ0n) is 17.6. The Hall–Kier alpha value is -3.49. The third-order valence-electron chi connectivity index (χ3n) is 4.73. The lowest BCUT2D eigenvalue weighted by Gasteiger charge is -2.10. The van der Waals surface area contributed by atoms with Crippen LogP contribution in [-0.2, 0) is 9.53 Å². The number of halogens is 1. The quantitative estimate of drug-likeness (QED) is 0.286. The molecule has 0 bridgehead atoms. The fraction of sp³-hybridized carbons (Fsp3) is 0.125. The van der Waals surface area contributed by atoms with Crippen molar-refractivity contribution in [3.63, 3.8) is 0 Å². The number of aromatic nitrogens is 3. The molecule has 0 fully saturated rings. The molecule has 9 heteroatoms. The van der Waals surface area contributed by atoms with Gasteiger partial charge in [0.05, 0.1) is 28.6 Å². The van der Waals surface area contributed by atoms with E-state index in [4.69, 9.17) is 16.3 Å². The first kappa shape index (κ1) is 22.7. The molecule has 0 radical (unpaired) electrons. The number of nitrogens with one attached hydrogen (secondary N) is 1. The van der Waals surface area contributed by atoms with Gasteiger partial charge in [-0.2, -0.15) is 0 Å². The SMILES string of the molecule is CCOC(=O)c1ccc(NC(=O)CSc2nncnc2-c2cccc3ccccc23)c(Cl)c1. The smallest absolute Gasteiger partial charge is 0.338 e. The molecule has 0 aliphatic heterocycles. The summed E-state index contributed by atoms with van der Waals surface area (Å²) in [4.78, 5) is 28.8. The average molecular weight is 479 g/mol. The predicted molar refractivity (Wildman–Crippen MR) is 130 cm³/mol. The zero-order valence-corrected chi connectivity index (χ0v) is 19.2. The number of anilines is 1. The fourth-order valence-corrected chi connectivity index (χ4v) is 4.23. The second kappa shape index (κ2) is 10.4. The number of nitrogens with zero attached hydrogens (tertiary/aromatic N) is 3. The summed E-state index contributed by atoms with van der Waals surface area (Å²) in [5, 5.41) is 13.8. The van der Waals surface area contributed by atoms with Gasteiger partial charge in [-0.1, -0.05) is 65.8 Å². The first-order valence-corrected chi connectivity index (χ1v) is 11.5. The van der Waals surface area contributed by atoms with Crippen LogP contribution in [-0.4, -0.2) is 39.4 Å². The molecular weight excluding hydrogens is 460 g/mol. The number of carbonyl (C=O) groups excluding carboxylic acids is 2. The molecule has 4 rings (SSSR count). The van der Waals surface area contributed by atoms with E-state index in [2.05, 4.69) is 20.5 Å². The summed E-state index contributed by atoms with van der Waals surface area (Å²) in [6, 6.07) is 18.6. The van der Waals surface area contributed by atoms with Gasteiger partial charge in [0.2, 0.25) is 5.91 Å². The maximum Gasteiger partial charge on any atom is 0.338 e. The lowest BCUT2D eigenvalue weighted by molar-refractivity contribution is -0.113. The van der Waals surface area contributed by atoms with Crippen LogP contribution >= 0.6 is 23.4 Å². The number of thioether (sulfide) groups is 1. The van der Waals surface area contributed by atoms with Crippen LogP contribution in [0.5, 0.6) is 0 Å².